The van der Waals surface area contributed by atoms with Gasteiger partial charge in [0.05, 0.1) is 4.90 Å². The standard InChI is InChI=1S/C19H24N2O2S/c1-15-5-10-19(16(2)13-15)24(22,23)20-14-17-6-8-18(9-7-17)21-11-3-4-12-21/h5-10,13,20H,3-4,11-12,14H2,1-2H3. The van der Waals surface area contributed by atoms with E-state index in [2.05, 4.69) is 21.8 Å². The van der Waals surface area contributed by atoms with E-state index in [9.17, 15) is 8.42 Å². The molecule has 0 bridgehead atoms. The van der Waals surface area contributed by atoms with Crippen LogP contribution in [0.3, 0.4) is 0 Å². The Hall–Kier alpha value is -1.85. The van der Waals surface area contributed by atoms with Crippen molar-refractivity contribution < 1.29 is 8.42 Å². The van der Waals surface area contributed by atoms with Crippen LogP contribution in [0.25, 0.3) is 0 Å². The molecule has 2 aromatic rings. The van der Waals surface area contributed by atoms with Gasteiger partial charge in [0.1, 0.15) is 0 Å². The fraction of sp³-hybridized carbons (Fsp3) is 0.368. The van der Waals surface area contributed by atoms with Crippen molar-refractivity contribution in [3.05, 3.63) is 59.2 Å². The van der Waals surface area contributed by atoms with E-state index in [4.69, 9.17) is 0 Å². The molecule has 0 radical (unpaired) electrons. The van der Waals surface area contributed by atoms with E-state index < -0.39 is 10.0 Å². The Bertz CT molecular complexity index is 808. The number of hydrogen-bond donors (Lipinski definition) is 1. The summed E-state index contributed by atoms with van der Waals surface area (Å²) in [6.07, 6.45) is 2.49. The summed E-state index contributed by atoms with van der Waals surface area (Å²) >= 11 is 0. The van der Waals surface area contributed by atoms with Crippen molar-refractivity contribution in [1.29, 1.82) is 0 Å². The van der Waals surface area contributed by atoms with Crippen LogP contribution in [0.2, 0.25) is 0 Å². The number of sulfonamides is 1. The summed E-state index contributed by atoms with van der Waals surface area (Å²) in [7, 11) is -3.49. The van der Waals surface area contributed by atoms with Crippen molar-refractivity contribution in [1.82, 2.24) is 4.72 Å². The van der Waals surface area contributed by atoms with Gasteiger partial charge in [-0.1, -0.05) is 29.8 Å². The lowest BCUT2D eigenvalue weighted by atomic mass is 10.2. The summed E-state index contributed by atoms with van der Waals surface area (Å²) < 4.78 is 27.7. The Morgan fingerprint density at radius 1 is 1.00 bits per heavy atom. The molecule has 0 aliphatic carbocycles. The highest BCUT2D eigenvalue weighted by molar-refractivity contribution is 7.89. The lowest BCUT2D eigenvalue weighted by molar-refractivity contribution is 0.580. The van der Waals surface area contributed by atoms with Crippen LogP contribution >= 0.6 is 0 Å². The van der Waals surface area contributed by atoms with Gasteiger partial charge in [0, 0.05) is 25.3 Å². The highest BCUT2D eigenvalue weighted by Crippen LogP contribution is 2.21. The fourth-order valence-electron chi connectivity index (χ4n) is 3.16. The lowest BCUT2D eigenvalue weighted by Gasteiger charge is -2.17. The summed E-state index contributed by atoms with van der Waals surface area (Å²) in [6, 6.07) is 13.5. The maximum atomic E-state index is 12.5. The van der Waals surface area contributed by atoms with E-state index in [-0.39, 0.29) is 0 Å². The van der Waals surface area contributed by atoms with E-state index in [0.29, 0.717) is 11.4 Å². The molecule has 24 heavy (non-hydrogen) atoms. The highest BCUT2D eigenvalue weighted by Gasteiger charge is 2.16. The Labute approximate surface area is 144 Å². The maximum absolute atomic E-state index is 12.5. The van der Waals surface area contributed by atoms with Crippen LogP contribution in [0.5, 0.6) is 0 Å². The molecular weight excluding hydrogens is 320 g/mol. The maximum Gasteiger partial charge on any atom is 0.241 e. The van der Waals surface area contributed by atoms with Crippen LogP contribution < -0.4 is 9.62 Å². The van der Waals surface area contributed by atoms with E-state index in [1.54, 1.807) is 6.07 Å². The van der Waals surface area contributed by atoms with Gasteiger partial charge in [0.2, 0.25) is 10.0 Å². The second-order valence-electron chi connectivity index (χ2n) is 6.45. The second-order valence-corrected chi connectivity index (χ2v) is 8.19. The summed E-state index contributed by atoms with van der Waals surface area (Å²) in [5.41, 5.74) is 4.01. The van der Waals surface area contributed by atoms with Crippen molar-refractivity contribution >= 4 is 15.7 Å². The first-order chi connectivity index (χ1) is 11.5. The molecule has 5 heteroatoms. The van der Waals surface area contributed by atoms with Crippen LogP contribution in [-0.4, -0.2) is 21.5 Å². The van der Waals surface area contributed by atoms with Gasteiger partial charge >= 0.3 is 0 Å². The molecular formula is C19H24N2O2S. The smallest absolute Gasteiger partial charge is 0.241 e. The van der Waals surface area contributed by atoms with Gasteiger partial charge in [-0.05, 0) is 56.0 Å². The Balaban J connectivity index is 1.68. The van der Waals surface area contributed by atoms with Crippen LogP contribution in [0.1, 0.15) is 29.5 Å². The number of benzene rings is 2. The first-order valence-corrected chi connectivity index (χ1v) is 9.85. The first-order valence-electron chi connectivity index (χ1n) is 8.36. The zero-order valence-electron chi connectivity index (χ0n) is 14.2. The number of nitrogens with one attached hydrogen (secondary N) is 1. The van der Waals surface area contributed by atoms with Gasteiger partial charge in [0.15, 0.2) is 0 Å². The van der Waals surface area contributed by atoms with Gasteiger partial charge in [-0.15, -0.1) is 0 Å². The van der Waals surface area contributed by atoms with E-state index >= 15 is 0 Å². The van der Waals surface area contributed by atoms with Crippen LogP contribution in [0.4, 0.5) is 5.69 Å². The van der Waals surface area contributed by atoms with Crippen LogP contribution in [-0.2, 0) is 16.6 Å². The number of aryl methyl sites for hydroxylation is 2. The molecule has 2 aromatic carbocycles. The third-order valence-electron chi connectivity index (χ3n) is 4.49. The molecule has 0 saturated carbocycles. The second kappa shape index (κ2) is 6.95. The summed E-state index contributed by atoms with van der Waals surface area (Å²) in [5.74, 6) is 0. The summed E-state index contributed by atoms with van der Waals surface area (Å²) in [4.78, 5) is 2.71. The van der Waals surface area contributed by atoms with Crippen LogP contribution in [0, 0.1) is 13.8 Å². The highest BCUT2D eigenvalue weighted by atomic mass is 32.2. The van der Waals surface area contributed by atoms with Gasteiger partial charge in [-0.3, -0.25) is 0 Å². The molecule has 0 aromatic heterocycles. The van der Waals surface area contributed by atoms with Crippen molar-refractivity contribution in [3.63, 3.8) is 0 Å². The summed E-state index contributed by atoms with van der Waals surface area (Å²) in [6.45, 7) is 6.30. The number of hydrogen-bond acceptors (Lipinski definition) is 3. The molecule has 4 nitrogen and oxygen atoms in total. The predicted octanol–water partition coefficient (Wildman–Crippen LogP) is 3.38. The molecule has 1 aliphatic rings. The van der Waals surface area contributed by atoms with E-state index in [1.807, 2.05) is 38.1 Å². The molecule has 1 saturated heterocycles. The largest absolute Gasteiger partial charge is 0.372 e. The molecule has 1 fully saturated rings. The third kappa shape index (κ3) is 3.79. The number of rotatable bonds is 5. The quantitative estimate of drug-likeness (QED) is 0.904. The molecule has 1 N–H and O–H groups in total. The van der Waals surface area contributed by atoms with Crippen molar-refractivity contribution in [2.24, 2.45) is 0 Å². The SMILES string of the molecule is Cc1ccc(S(=O)(=O)NCc2ccc(N3CCCC3)cc2)c(C)c1. The molecule has 1 aliphatic heterocycles. The number of anilines is 1. The van der Waals surface area contributed by atoms with Crippen molar-refractivity contribution in [3.8, 4) is 0 Å². The minimum Gasteiger partial charge on any atom is -0.372 e. The van der Waals surface area contributed by atoms with Gasteiger partial charge in [0.25, 0.3) is 0 Å². The van der Waals surface area contributed by atoms with Gasteiger partial charge in [-0.2, -0.15) is 0 Å². The van der Waals surface area contributed by atoms with E-state index in [1.165, 1.54) is 18.5 Å². The Morgan fingerprint density at radius 3 is 2.29 bits per heavy atom. The Kier molecular flexibility index (Phi) is 4.92. The summed E-state index contributed by atoms with van der Waals surface area (Å²) in [5, 5.41) is 0. The Morgan fingerprint density at radius 2 is 1.67 bits per heavy atom. The molecule has 0 atom stereocenters. The molecule has 1 heterocycles. The zero-order valence-corrected chi connectivity index (χ0v) is 15.1. The van der Waals surface area contributed by atoms with Crippen LogP contribution in [0.15, 0.2) is 47.4 Å². The van der Waals surface area contributed by atoms with Crippen molar-refractivity contribution in [2.75, 3.05) is 18.0 Å². The molecule has 3 rings (SSSR count). The first kappa shape index (κ1) is 17.0. The fourth-order valence-corrected chi connectivity index (χ4v) is 4.40. The minimum atomic E-state index is -3.49. The number of nitrogens with zero attached hydrogens (tertiary/aromatic N) is 1. The average molecular weight is 344 g/mol. The molecule has 0 unspecified atom stereocenters. The van der Waals surface area contributed by atoms with E-state index in [0.717, 1.165) is 29.8 Å². The normalized spacial score (nSPS) is 15.0. The minimum absolute atomic E-state index is 0.302. The zero-order chi connectivity index (χ0) is 17.2. The van der Waals surface area contributed by atoms with Gasteiger partial charge < -0.3 is 4.90 Å². The molecule has 0 amide bonds. The third-order valence-corrected chi connectivity index (χ3v) is 6.06. The van der Waals surface area contributed by atoms with Gasteiger partial charge in [-0.25, -0.2) is 13.1 Å². The average Bonchev–Trinajstić information content (AvgIpc) is 3.07. The monoisotopic (exact) mass is 344 g/mol. The lowest BCUT2D eigenvalue weighted by Crippen LogP contribution is -2.24. The molecule has 0 spiro atoms. The molecule has 128 valence electrons. The predicted molar refractivity (Wildman–Crippen MR) is 97.8 cm³/mol. The van der Waals surface area contributed by atoms with Crippen molar-refractivity contribution in [2.45, 2.75) is 38.1 Å². The topological polar surface area (TPSA) is 49.4 Å².